The molecular formula is C23H24BrN3O3. The van der Waals surface area contributed by atoms with Crippen molar-refractivity contribution in [2.45, 2.75) is 19.6 Å². The molecule has 0 bridgehead atoms. The summed E-state index contributed by atoms with van der Waals surface area (Å²) in [4.78, 5) is 20.7. The van der Waals surface area contributed by atoms with Crippen LogP contribution in [0.5, 0.6) is 0 Å². The van der Waals surface area contributed by atoms with Crippen LogP contribution in [-0.2, 0) is 27.4 Å². The Morgan fingerprint density at radius 2 is 2.07 bits per heavy atom. The first-order valence-electron chi connectivity index (χ1n) is 9.71. The Morgan fingerprint density at radius 3 is 2.87 bits per heavy atom. The second-order valence-corrected chi connectivity index (χ2v) is 7.52. The van der Waals surface area contributed by atoms with E-state index in [2.05, 4.69) is 31.2 Å². The number of amides is 1. The number of allylic oxidation sites excluding steroid dienone is 4. The summed E-state index contributed by atoms with van der Waals surface area (Å²) in [7, 11) is 0. The highest BCUT2D eigenvalue weighted by Crippen LogP contribution is 2.13. The van der Waals surface area contributed by atoms with Gasteiger partial charge >= 0.3 is 0 Å². The van der Waals surface area contributed by atoms with Crippen LogP contribution in [-0.4, -0.2) is 36.4 Å². The van der Waals surface area contributed by atoms with Crippen LogP contribution in [0.25, 0.3) is 0 Å². The molecule has 30 heavy (non-hydrogen) atoms. The molecule has 1 amide bonds. The van der Waals surface area contributed by atoms with Crippen molar-refractivity contribution in [2.24, 2.45) is 4.99 Å². The first-order valence-corrected chi connectivity index (χ1v) is 10.5. The van der Waals surface area contributed by atoms with Gasteiger partial charge in [0.2, 0.25) is 0 Å². The Kier molecular flexibility index (Phi) is 8.80. The van der Waals surface area contributed by atoms with Gasteiger partial charge in [-0.3, -0.25) is 14.8 Å². The Bertz CT molecular complexity index is 909. The van der Waals surface area contributed by atoms with Crippen molar-refractivity contribution in [3.05, 3.63) is 88.4 Å². The van der Waals surface area contributed by atoms with E-state index in [9.17, 15) is 4.79 Å². The zero-order valence-electron chi connectivity index (χ0n) is 16.6. The van der Waals surface area contributed by atoms with Crippen molar-refractivity contribution < 1.29 is 14.3 Å². The third-order valence-corrected chi connectivity index (χ3v) is 4.77. The molecule has 0 saturated carbocycles. The summed E-state index contributed by atoms with van der Waals surface area (Å²) >= 11 is 3.42. The molecule has 2 aromatic rings. The predicted octanol–water partition coefficient (Wildman–Crippen LogP) is 3.98. The van der Waals surface area contributed by atoms with Crippen molar-refractivity contribution in [1.29, 1.82) is 0 Å². The molecule has 1 aromatic carbocycles. The van der Waals surface area contributed by atoms with Gasteiger partial charge in [0.25, 0.3) is 5.91 Å². The van der Waals surface area contributed by atoms with E-state index in [1.165, 1.54) is 0 Å². The number of benzene rings is 1. The number of halogens is 1. The maximum absolute atomic E-state index is 12.0. The summed E-state index contributed by atoms with van der Waals surface area (Å²) in [5, 5.41) is 2.79. The van der Waals surface area contributed by atoms with Gasteiger partial charge in [0, 0.05) is 22.8 Å². The van der Waals surface area contributed by atoms with Gasteiger partial charge < -0.3 is 14.8 Å². The highest BCUT2D eigenvalue weighted by molar-refractivity contribution is 9.10. The average molecular weight is 470 g/mol. The minimum Gasteiger partial charge on any atom is -0.488 e. The third kappa shape index (κ3) is 7.93. The molecule has 0 spiro atoms. The molecule has 0 unspecified atom stereocenters. The van der Waals surface area contributed by atoms with Crippen LogP contribution in [0.3, 0.4) is 0 Å². The van der Waals surface area contributed by atoms with Crippen molar-refractivity contribution >= 4 is 27.5 Å². The van der Waals surface area contributed by atoms with E-state index >= 15 is 0 Å². The van der Waals surface area contributed by atoms with Crippen molar-refractivity contribution in [3.63, 3.8) is 0 Å². The fraction of sp³-hybridized carbons (Fsp3) is 0.261. The molecule has 6 nitrogen and oxygen atoms in total. The van der Waals surface area contributed by atoms with Gasteiger partial charge in [-0.1, -0.05) is 40.2 Å². The lowest BCUT2D eigenvalue weighted by Crippen LogP contribution is -2.27. The summed E-state index contributed by atoms with van der Waals surface area (Å²) in [6.07, 6.45) is 7.95. The van der Waals surface area contributed by atoms with E-state index in [0.29, 0.717) is 32.7 Å². The number of pyridine rings is 1. The molecule has 1 aromatic heterocycles. The number of nitrogens with one attached hydrogen (secondary N) is 1. The van der Waals surface area contributed by atoms with Gasteiger partial charge in [-0.2, -0.15) is 0 Å². The Labute approximate surface area is 184 Å². The van der Waals surface area contributed by atoms with Gasteiger partial charge in [-0.15, -0.1) is 0 Å². The van der Waals surface area contributed by atoms with Crippen molar-refractivity contribution in [2.75, 3.05) is 19.8 Å². The topological polar surface area (TPSA) is 72.8 Å². The minimum atomic E-state index is -0.184. The number of rotatable bonds is 10. The molecule has 0 saturated heterocycles. The molecule has 7 heteroatoms. The molecule has 0 atom stereocenters. The molecule has 0 aliphatic heterocycles. The molecular weight excluding hydrogens is 446 g/mol. The fourth-order valence-corrected chi connectivity index (χ4v) is 2.96. The smallest absolute Gasteiger partial charge is 0.258 e. The van der Waals surface area contributed by atoms with Gasteiger partial charge in [-0.05, 0) is 42.0 Å². The first-order chi connectivity index (χ1) is 14.7. The Morgan fingerprint density at radius 1 is 1.20 bits per heavy atom. The number of ether oxygens (including phenoxy) is 2. The zero-order chi connectivity index (χ0) is 21.0. The van der Waals surface area contributed by atoms with Crippen molar-refractivity contribution in [1.82, 2.24) is 10.3 Å². The Balaban J connectivity index is 1.32. The van der Waals surface area contributed by atoms with E-state index in [4.69, 9.17) is 9.47 Å². The van der Waals surface area contributed by atoms with E-state index in [-0.39, 0.29) is 12.5 Å². The number of hydrogen-bond donors (Lipinski definition) is 1. The Hall–Kier alpha value is -2.77. The van der Waals surface area contributed by atoms with Crippen LogP contribution in [0.2, 0.25) is 0 Å². The number of aromatic nitrogens is 1. The third-order valence-electron chi connectivity index (χ3n) is 4.24. The summed E-state index contributed by atoms with van der Waals surface area (Å²) in [5.74, 6) is 0.538. The van der Waals surface area contributed by atoms with Gasteiger partial charge in [0.15, 0.2) is 6.61 Å². The average Bonchev–Trinajstić information content (AvgIpc) is 2.78. The molecule has 156 valence electrons. The van der Waals surface area contributed by atoms with Crippen LogP contribution in [0, 0.1) is 0 Å². The summed E-state index contributed by atoms with van der Waals surface area (Å²) in [5.41, 5.74) is 2.85. The molecule has 0 fully saturated rings. The largest absolute Gasteiger partial charge is 0.488 e. The normalized spacial score (nSPS) is 14.4. The summed E-state index contributed by atoms with van der Waals surface area (Å²) < 4.78 is 12.3. The van der Waals surface area contributed by atoms with Crippen LogP contribution in [0.15, 0.2) is 82.1 Å². The highest BCUT2D eigenvalue weighted by Gasteiger charge is 2.09. The molecule has 1 aliphatic rings. The second kappa shape index (κ2) is 12.0. The monoisotopic (exact) mass is 469 g/mol. The lowest BCUT2D eigenvalue weighted by atomic mass is 10.1. The maximum atomic E-state index is 12.0. The lowest BCUT2D eigenvalue weighted by Gasteiger charge is -2.13. The minimum absolute atomic E-state index is 0.0317. The zero-order valence-corrected chi connectivity index (χ0v) is 18.2. The number of nitrogens with zero attached hydrogens (tertiary/aromatic N) is 2. The van der Waals surface area contributed by atoms with Gasteiger partial charge in [-0.25, -0.2) is 0 Å². The molecule has 3 rings (SSSR count). The van der Waals surface area contributed by atoms with Crippen LogP contribution < -0.4 is 5.32 Å². The summed E-state index contributed by atoms with van der Waals surface area (Å²) in [6.45, 7) is 2.04. The second-order valence-electron chi connectivity index (χ2n) is 6.61. The van der Waals surface area contributed by atoms with E-state index in [0.717, 1.165) is 27.2 Å². The van der Waals surface area contributed by atoms with E-state index in [1.54, 1.807) is 6.20 Å². The predicted molar refractivity (Wildman–Crippen MR) is 120 cm³/mol. The molecule has 1 heterocycles. The number of carbonyl (C=O) groups is 1. The number of hydrogen-bond acceptors (Lipinski definition) is 5. The lowest BCUT2D eigenvalue weighted by molar-refractivity contribution is -0.124. The van der Waals surface area contributed by atoms with Gasteiger partial charge in [0.05, 0.1) is 32.0 Å². The fourth-order valence-electron chi connectivity index (χ4n) is 2.70. The molecule has 1 aliphatic carbocycles. The number of carbonyl (C=O) groups excluding carboxylic acids is 1. The van der Waals surface area contributed by atoms with Crippen LogP contribution in [0.1, 0.15) is 17.7 Å². The van der Waals surface area contributed by atoms with Crippen molar-refractivity contribution in [3.8, 4) is 0 Å². The first kappa shape index (κ1) is 21.9. The van der Waals surface area contributed by atoms with Gasteiger partial charge in [0.1, 0.15) is 5.76 Å². The molecule has 0 radical (unpaired) electrons. The standard InChI is InChI=1S/C23H24BrN3O3/c24-19-9-7-18(8-10-19)16-29-13-12-26-20-5-3-6-22(14-20)30-17-23(28)27-15-21-4-1-2-11-25-21/h1-11H,12-17H2,(H,27,28). The SMILES string of the molecule is O=C(COC1=CC=CC(=NCCOCc2ccc(Br)cc2)C1)NCc1ccccn1. The van der Waals surface area contributed by atoms with E-state index in [1.807, 2.05) is 60.7 Å². The quantitative estimate of drug-likeness (QED) is 0.534. The summed E-state index contributed by atoms with van der Waals surface area (Å²) in [6, 6.07) is 13.6. The van der Waals surface area contributed by atoms with E-state index < -0.39 is 0 Å². The van der Waals surface area contributed by atoms with Crippen LogP contribution in [0.4, 0.5) is 0 Å². The maximum Gasteiger partial charge on any atom is 0.258 e. The van der Waals surface area contributed by atoms with Crippen LogP contribution >= 0.6 is 15.9 Å². The highest BCUT2D eigenvalue weighted by atomic mass is 79.9. The number of aliphatic imine (C=N–C) groups is 1. The molecule has 1 N–H and O–H groups in total.